The highest BCUT2D eigenvalue weighted by Crippen LogP contribution is 2.37. The fourth-order valence-corrected chi connectivity index (χ4v) is 2.40. The van der Waals surface area contributed by atoms with Crippen LogP contribution in [0, 0.1) is 6.92 Å². The molecule has 2 heteroatoms. The molecule has 1 atom stereocenters. The van der Waals surface area contributed by atoms with Crippen LogP contribution in [0.5, 0.6) is 0 Å². The van der Waals surface area contributed by atoms with Crippen LogP contribution in [0.2, 0.25) is 0 Å². The molecule has 0 aliphatic carbocycles. The highest BCUT2D eigenvalue weighted by molar-refractivity contribution is 5.65. The molecule has 1 aliphatic heterocycles. The third-order valence-corrected chi connectivity index (χ3v) is 3.33. The Hall–Kier alpha value is -1.02. The van der Waals surface area contributed by atoms with E-state index in [4.69, 9.17) is 0 Å². The van der Waals surface area contributed by atoms with Crippen LogP contribution in [0.1, 0.15) is 30.9 Å². The van der Waals surface area contributed by atoms with Gasteiger partial charge in [-0.1, -0.05) is 32.0 Å². The van der Waals surface area contributed by atoms with Crippen molar-refractivity contribution in [3.05, 3.63) is 29.3 Å². The molecule has 16 heavy (non-hydrogen) atoms. The van der Waals surface area contributed by atoms with Crippen LogP contribution in [-0.2, 0) is 0 Å². The Labute approximate surface area is 98.7 Å². The summed E-state index contributed by atoms with van der Waals surface area (Å²) in [5.74, 6) is 0.603. The van der Waals surface area contributed by atoms with Gasteiger partial charge in [0.15, 0.2) is 0 Å². The maximum atomic E-state index is 3.26. The second-order valence-electron chi connectivity index (χ2n) is 5.03. The van der Waals surface area contributed by atoms with Gasteiger partial charge in [0.2, 0.25) is 0 Å². The summed E-state index contributed by atoms with van der Waals surface area (Å²) >= 11 is 0. The van der Waals surface area contributed by atoms with Crippen molar-refractivity contribution in [1.82, 2.24) is 5.32 Å². The highest BCUT2D eigenvalue weighted by Gasteiger charge is 2.35. The molecule has 0 aromatic heterocycles. The second kappa shape index (κ2) is 4.46. The fourth-order valence-electron chi connectivity index (χ4n) is 2.40. The number of rotatable bonds is 4. The van der Waals surface area contributed by atoms with Gasteiger partial charge in [0.05, 0.1) is 6.04 Å². The summed E-state index contributed by atoms with van der Waals surface area (Å²) in [5.41, 5.74) is 4.36. The average molecular weight is 218 g/mol. The predicted octanol–water partition coefficient (Wildman–Crippen LogP) is 2.53. The fraction of sp³-hybridized carbons (Fsp3) is 0.571. The molecule has 1 N–H and O–H groups in total. The first kappa shape index (κ1) is 11.5. The van der Waals surface area contributed by atoms with Gasteiger partial charge in [-0.25, -0.2) is 0 Å². The Morgan fingerprint density at radius 2 is 2.19 bits per heavy atom. The summed E-state index contributed by atoms with van der Waals surface area (Å²) in [6.45, 7) is 9.05. The zero-order chi connectivity index (χ0) is 11.7. The Morgan fingerprint density at radius 3 is 2.81 bits per heavy atom. The molecule has 1 aromatic rings. The van der Waals surface area contributed by atoms with Crippen LogP contribution in [0.25, 0.3) is 0 Å². The zero-order valence-corrected chi connectivity index (χ0v) is 10.7. The first-order valence-electron chi connectivity index (χ1n) is 6.16. The van der Waals surface area contributed by atoms with E-state index < -0.39 is 0 Å². The third-order valence-electron chi connectivity index (χ3n) is 3.33. The van der Waals surface area contributed by atoms with E-state index in [1.165, 1.54) is 23.4 Å². The van der Waals surface area contributed by atoms with Crippen LogP contribution in [0.15, 0.2) is 18.2 Å². The van der Waals surface area contributed by atoms with Gasteiger partial charge in [0.25, 0.3) is 0 Å². The topological polar surface area (TPSA) is 15.0 Å². The van der Waals surface area contributed by atoms with Crippen molar-refractivity contribution in [3.8, 4) is 0 Å². The van der Waals surface area contributed by atoms with E-state index in [1.54, 1.807) is 0 Å². The smallest absolute Gasteiger partial charge is 0.0590 e. The lowest BCUT2D eigenvalue weighted by Crippen LogP contribution is -2.18. The summed E-state index contributed by atoms with van der Waals surface area (Å²) < 4.78 is 0. The van der Waals surface area contributed by atoms with Gasteiger partial charge in [-0.15, -0.1) is 0 Å². The first-order chi connectivity index (χ1) is 7.65. The quantitative estimate of drug-likeness (QED) is 0.781. The molecule has 0 saturated carbocycles. The molecule has 2 nitrogen and oxygen atoms in total. The van der Waals surface area contributed by atoms with Crippen molar-refractivity contribution < 1.29 is 0 Å². The van der Waals surface area contributed by atoms with E-state index in [-0.39, 0.29) is 0 Å². The van der Waals surface area contributed by atoms with Crippen LogP contribution in [0.4, 0.5) is 5.69 Å². The number of anilines is 1. The van der Waals surface area contributed by atoms with Gasteiger partial charge in [0, 0.05) is 18.8 Å². The minimum Gasteiger partial charge on any atom is -0.363 e. The number of benzene rings is 1. The Kier molecular flexibility index (Phi) is 3.20. The van der Waals surface area contributed by atoms with Crippen molar-refractivity contribution >= 4 is 5.69 Å². The van der Waals surface area contributed by atoms with Crippen LogP contribution < -0.4 is 10.2 Å². The number of nitrogens with zero attached hydrogens (tertiary/aromatic N) is 1. The lowest BCUT2D eigenvalue weighted by atomic mass is 9.98. The molecule has 2 rings (SSSR count). The number of aryl methyl sites for hydroxylation is 1. The lowest BCUT2D eigenvalue weighted by molar-refractivity contribution is 0.787. The number of hydrogen-bond donors (Lipinski definition) is 1. The molecule has 0 radical (unpaired) electrons. The summed E-state index contributed by atoms with van der Waals surface area (Å²) in [6.07, 6.45) is 0. The molecular weight excluding hydrogens is 196 g/mol. The predicted molar refractivity (Wildman–Crippen MR) is 70.3 cm³/mol. The summed E-state index contributed by atoms with van der Waals surface area (Å²) in [6, 6.07) is 7.35. The van der Waals surface area contributed by atoms with E-state index in [0.717, 1.165) is 6.54 Å². The number of hydrogen-bond acceptors (Lipinski definition) is 2. The van der Waals surface area contributed by atoms with Crippen LogP contribution >= 0.6 is 0 Å². The molecule has 1 aromatic carbocycles. The molecular formula is C14H22N2. The Balaban J connectivity index is 2.26. The summed E-state index contributed by atoms with van der Waals surface area (Å²) in [5, 5.41) is 3.26. The molecule has 88 valence electrons. The van der Waals surface area contributed by atoms with Gasteiger partial charge in [-0.05, 0) is 31.0 Å². The molecule has 0 spiro atoms. The van der Waals surface area contributed by atoms with Crippen molar-refractivity contribution in [3.63, 3.8) is 0 Å². The van der Waals surface area contributed by atoms with Crippen LogP contribution in [0.3, 0.4) is 0 Å². The molecule has 1 fully saturated rings. The second-order valence-corrected chi connectivity index (χ2v) is 5.03. The minimum atomic E-state index is 0.603. The molecule has 0 amide bonds. The minimum absolute atomic E-state index is 0.603. The van der Waals surface area contributed by atoms with Crippen molar-refractivity contribution in [1.29, 1.82) is 0 Å². The number of nitrogens with one attached hydrogen (secondary N) is 1. The molecule has 1 heterocycles. The molecule has 1 unspecified atom stereocenters. The SMILES string of the molecule is CNCC1CN1c1c(C)cccc1C(C)C. The van der Waals surface area contributed by atoms with E-state index in [0.29, 0.717) is 12.0 Å². The first-order valence-corrected chi connectivity index (χ1v) is 6.16. The summed E-state index contributed by atoms with van der Waals surface area (Å²) in [4.78, 5) is 2.52. The van der Waals surface area contributed by atoms with Gasteiger partial charge < -0.3 is 10.2 Å². The van der Waals surface area contributed by atoms with E-state index >= 15 is 0 Å². The standard InChI is InChI=1S/C14H22N2/c1-10(2)13-7-5-6-11(3)14(13)16-9-12(16)8-15-4/h5-7,10,12,15H,8-9H2,1-4H3. The Bertz CT molecular complexity index is 371. The van der Waals surface area contributed by atoms with E-state index in [2.05, 4.69) is 49.2 Å². The van der Waals surface area contributed by atoms with Gasteiger partial charge >= 0.3 is 0 Å². The molecule has 1 saturated heterocycles. The average Bonchev–Trinajstić information content (AvgIpc) is 2.97. The highest BCUT2D eigenvalue weighted by atomic mass is 15.3. The van der Waals surface area contributed by atoms with Crippen molar-refractivity contribution in [2.45, 2.75) is 32.7 Å². The third kappa shape index (κ3) is 2.07. The maximum Gasteiger partial charge on any atom is 0.0590 e. The van der Waals surface area contributed by atoms with Crippen molar-refractivity contribution in [2.75, 3.05) is 25.0 Å². The molecule has 1 aliphatic rings. The van der Waals surface area contributed by atoms with Crippen molar-refractivity contribution in [2.24, 2.45) is 0 Å². The van der Waals surface area contributed by atoms with E-state index in [1.807, 2.05) is 7.05 Å². The summed E-state index contributed by atoms with van der Waals surface area (Å²) in [7, 11) is 2.03. The monoisotopic (exact) mass is 218 g/mol. The largest absolute Gasteiger partial charge is 0.363 e. The Morgan fingerprint density at radius 1 is 1.44 bits per heavy atom. The van der Waals surface area contributed by atoms with Gasteiger partial charge in [-0.3, -0.25) is 0 Å². The van der Waals surface area contributed by atoms with Gasteiger partial charge in [0.1, 0.15) is 0 Å². The number of para-hydroxylation sites is 1. The maximum absolute atomic E-state index is 3.26. The van der Waals surface area contributed by atoms with Crippen LogP contribution in [-0.4, -0.2) is 26.2 Å². The number of likely N-dealkylation sites (N-methyl/N-ethyl adjacent to an activating group) is 1. The molecule has 0 bridgehead atoms. The van der Waals surface area contributed by atoms with E-state index in [9.17, 15) is 0 Å². The van der Waals surface area contributed by atoms with Gasteiger partial charge in [-0.2, -0.15) is 0 Å². The zero-order valence-electron chi connectivity index (χ0n) is 10.7. The normalized spacial score (nSPS) is 19.3. The lowest BCUT2D eigenvalue weighted by Gasteiger charge is -2.17.